The average molecular weight is 351 g/mol. The number of aryl methyl sites for hydroxylation is 1. The van der Waals surface area contributed by atoms with Gasteiger partial charge < -0.3 is 14.2 Å². The highest BCUT2D eigenvalue weighted by atomic mass is 79.9. The molecule has 2 rings (SSSR count). The third-order valence-corrected chi connectivity index (χ3v) is 3.42. The standard InChI is InChI=1S/C16H15BrO4/c1-11-7-8-15(13(17)9-11)20-10-12-5-3-4-6-14(12)21-16(18)19-2/h3-9H,10H2,1-2H3. The van der Waals surface area contributed by atoms with E-state index in [0.29, 0.717) is 5.75 Å². The number of para-hydroxylation sites is 1. The monoisotopic (exact) mass is 350 g/mol. The Morgan fingerprint density at radius 3 is 2.62 bits per heavy atom. The summed E-state index contributed by atoms with van der Waals surface area (Å²) in [5.41, 5.74) is 1.90. The molecule has 0 fully saturated rings. The summed E-state index contributed by atoms with van der Waals surface area (Å²) in [6, 6.07) is 13.0. The summed E-state index contributed by atoms with van der Waals surface area (Å²) in [4.78, 5) is 11.2. The van der Waals surface area contributed by atoms with E-state index in [-0.39, 0.29) is 6.61 Å². The van der Waals surface area contributed by atoms with Crippen LogP contribution in [0.3, 0.4) is 0 Å². The van der Waals surface area contributed by atoms with Gasteiger partial charge in [0.25, 0.3) is 0 Å². The van der Waals surface area contributed by atoms with Crippen molar-refractivity contribution in [3.05, 3.63) is 58.1 Å². The Hall–Kier alpha value is -2.01. The highest BCUT2D eigenvalue weighted by molar-refractivity contribution is 9.10. The lowest BCUT2D eigenvalue weighted by Crippen LogP contribution is -2.09. The van der Waals surface area contributed by atoms with E-state index in [9.17, 15) is 4.79 Å². The van der Waals surface area contributed by atoms with Crippen molar-refractivity contribution in [3.8, 4) is 11.5 Å². The summed E-state index contributed by atoms with van der Waals surface area (Å²) in [7, 11) is 1.27. The van der Waals surface area contributed by atoms with Gasteiger partial charge >= 0.3 is 6.16 Å². The molecule has 0 atom stereocenters. The predicted molar refractivity (Wildman–Crippen MR) is 82.7 cm³/mol. The Morgan fingerprint density at radius 2 is 1.90 bits per heavy atom. The fourth-order valence-electron chi connectivity index (χ4n) is 1.73. The van der Waals surface area contributed by atoms with Crippen molar-refractivity contribution in [2.24, 2.45) is 0 Å². The van der Waals surface area contributed by atoms with Crippen molar-refractivity contribution >= 4 is 22.1 Å². The Labute approximate surface area is 131 Å². The molecule has 21 heavy (non-hydrogen) atoms. The Bertz CT molecular complexity index is 640. The first kappa shape index (κ1) is 15.4. The Kier molecular flexibility index (Phi) is 5.22. The van der Waals surface area contributed by atoms with Gasteiger partial charge in [0.15, 0.2) is 0 Å². The second-order valence-corrected chi connectivity index (χ2v) is 5.24. The van der Waals surface area contributed by atoms with Crippen molar-refractivity contribution < 1.29 is 19.0 Å². The zero-order chi connectivity index (χ0) is 15.2. The van der Waals surface area contributed by atoms with Crippen LogP contribution in [0.25, 0.3) is 0 Å². The van der Waals surface area contributed by atoms with Gasteiger partial charge in [-0.25, -0.2) is 4.79 Å². The fourth-order valence-corrected chi connectivity index (χ4v) is 2.34. The first-order valence-corrected chi connectivity index (χ1v) is 7.12. The molecule has 0 radical (unpaired) electrons. The summed E-state index contributed by atoms with van der Waals surface area (Å²) in [6.45, 7) is 2.29. The molecule has 110 valence electrons. The van der Waals surface area contributed by atoms with E-state index in [1.165, 1.54) is 7.11 Å². The average Bonchev–Trinajstić information content (AvgIpc) is 2.47. The molecule has 0 bridgehead atoms. The smallest absolute Gasteiger partial charge is 0.488 e. The summed E-state index contributed by atoms with van der Waals surface area (Å²) in [5, 5.41) is 0. The van der Waals surface area contributed by atoms with E-state index in [4.69, 9.17) is 9.47 Å². The third-order valence-electron chi connectivity index (χ3n) is 2.80. The number of hydrogen-bond donors (Lipinski definition) is 0. The number of ether oxygens (including phenoxy) is 3. The molecule has 0 heterocycles. The van der Waals surface area contributed by atoms with Crippen molar-refractivity contribution in [3.63, 3.8) is 0 Å². The molecule has 0 N–H and O–H groups in total. The molecule has 0 saturated heterocycles. The predicted octanol–water partition coefficient (Wildman–Crippen LogP) is 4.48. The first-order valence-electron chi connectivity index (χ1n) is 6.33. The van der Waals surface area contributed by atoms with Crippen LogP contribution in [0.2, 0.25) is 0 Å². The maximum atomic E-state index is 11.2. The number of halogens is 1. The van der Waals surface area contributed by atoms with Gasteiger partial charge in [-0.1, -0.05) is 24.3 Å². The van der Waals surface area contributed by atoms with Crippen LogP contribution in [0.15, 0.2) is 46.9 Å². The molecule has 0 aliphatic rings. The zero-order valence-corrected chi connectivity index (χ0v) is 13.3. The summed E-state index contributed by atoms with van der Waals surface area (Å²) in [6.07, 6.45) is -0.751. The molecule has 5 heteroatoms. The molecule has 4 nitrogen and oxygen atoms in total. The van der Waals surface area contributed by atoms with E-state index in [2.05, 4.69) is 20.7 Å². The first-order chi connectivity index (χ1) is 10.1. The SMILES string of the molecule is COC(=O)Oc1ccccc1COc1ccc(C)cc1Br. The van der Waals surface area contributed by atoms with Gasteiger partial charge in [0.05, 0.1) is 11.6 Å². The lowest BCUT2D eigenvalue weighted by atomic mass is 10.2. The van der Waals surface area contributed by atoms with Crippen LogP contribution >= 0.6 is 15.9 Å². The lowest BCUT2D eigenvalue weighted by molar-refractivity contribution is 0.120. The van der Waals surface area contributed by atoms with Gasteiger partial charge in [0.1, 0.15) is 18.1 Å². The number of benzene rings is 2. The molecular weight excluding hydrogens is 336 g/mol. The summed E-state index contributed by atoms with van der Waals surface area (Å²) < 4.78 is 16.2. The van der Waals surface area contributed by atoms with E-state index in [1.54, 1.807) is 12.1 Å². The fraction of sp³-hybridized carbons (Fsp3) is 0.188. The van der Waals surface area contributed by atoms with Crippen LogP contribution in [-0.4, -0.2) is 13.3 Å². The Balaban J connectivity index is 2.11. The molecule has 0 aromatic heterocycles. The lowest BCUT2D eigenvalue weighted by Gasteiger charge is -2.12. The molecule has 0 spiro atoms. The third kappa shape index (κ3) is 4.23. The van der Waals surface area contributed by atoms with E-state index in [1.807, 2.05) is 37.3 Å². The summed E-state index contributed by atoms with van der Waals surface area (Å²) >= 11 is 3.46. The van der Waals surface area contributed by atoms with Gasteiger partial charge in [0.2, 0.25) is 0 Å². The normalized spacial score (nSPS) is 10.0. The topological polar surface area (TPSA) is 44.8 Å². The molecular formula is C16H15BrO4. The van der Waals surface area contributed by atoms with Crippen LogP contribution in [0.1, 0.15) is 11.1 Å². The van der Waals surface area contributed by atoms with Gasteiger partial charge in [-0.2, -0.15) is 0 Å². The van der Waals surface area contributed by atoms with Gasteiger partial charge in [0, 0.05) is 5.56 Å². The number of carbonyl (C=O) groups excluding carboxylic acids is 1. The molecule has 0 saturated carbocycles. The minimum Gasteiger partial charge on any atom is -0.488 e. The van der Waals surface area contributed by atoms with Crippen LogP contribution in [0.4, 0.5) is 4.79 Å². The van der Waals surface area contributed by atoms with Gasteiger partial charge in [-0.15, -0.1) is 0 Å². The van der Waals surface area contributed by atoms with Crippen molar-refractivity contribution in [2.75, 3.05) is 7.11 Å². The second-order valence-electron chi connectivity index (χ2n) is 4.39. The molecule has 0 aliphatic carbocycles. The van der Waals surface area contributed by atoms with Gasteiger partial charge in [-0.05, 0) is 46.6 Å². The van der Waals surface area contributed by atoms with Crippen molar-refractivity contribution in [1.82, 2.24) is 0 Å². The molecule has 2 aromatic carbocycles. The number of rotatable bonds is 4. The number of hydrogen-bond acceptors (Lipinski definition) is 4. The number of methoxy groups -OCH3 is 1. The number of carbonyl (C=O) groups is 1. The quantitative estimate of drug-likeness (QED) is 0.602. The minimum absolute atomic E-state index is 0.287. The molecule has 0 aliphatic heterocycles. The van der Waals surface area contributed by atoms with Crippen LogP contribution in [-0.2, 0) is 11.3 Å². The second kappa shape index (κ2) is 7.13. The van der Waals surface area contributed by atoms with Crippen molar-refractivity contribution in [2.45, 2.75) is 13.5 Å². The molecule has 0 amide bonds. The maximum Gasteiger partial charge on any atom is 0.513 e. The largest absolute Gasteiger partial charge is 0.513 e. The molecule has 2 aromatic rings. The van der Waals surface area contributed by atoms with Crippen LogP contribution in [0, 0.1) is 6.92 Å². The minimum atomic E-state index is -0.751. The Morgan fingerprint density at radius 1 is 1.14 bits per heavy atom. The summed E-state index contributed by atoms with van der Waals surface area (Å²) in [5.74, 6) is 1.15. The van der Waals surface area contributed by atoms with E-state index < -0.39 is 6.16 Å². The highest BCUT2D eigenvalue weighted by Crippen LogP contribution is 2.28. The van der Waals surface area contributed by atoms with Crippen LogP contribution in [0.5, 0.6) is 11.5 Å². The zero-order valence-electron chi connectivity index (χ0n) is 11.8. The van der Waals surface area contributed by atoms with Gasteiger partial charge in [-0.3, -0.25) is 0 Å². The maximum absolute atomic E-state index is 11.2. The molecule has 0 unspecified atom stereocenters. The van der Waals surface area contributed by atoms with Crippen LogP contribution < -0.4 is 9.47 Å². The highest BCUT2D eigenvalue weighted by Gasteiger charge is 2.10. The van der Waals surface area contributed by atoms with E-state index >= 15 is 0 Å². The van der Waals surface area contributed by atoms with Crippen molar-refractivity contribution in [1.29, 1.82) is 0 Å². The van der Waals surface area contributed by atoms with E-state index in [0.717, 1.165) is 21.3 Å².